The minimum atomic E-state index is -5.08. The highest BCUT2D eigenvalue weighted by molar-refractivity contribution is 5.99. The monoisotopic (exact) mass is 677 g/mol. The molecular formula is C29H30F7N5O6. The highest BCUT2D eigenvalue weighted by Gasteiger charge is 2.56. The van der Waals surface area contributed by atoms with Crippen molar-refractivity contribution in [2.45, 2.75) is 75.3 Å². The number of guanidine groups is 1. The van der Waals surface area contributed by atoms with Crippen molar-refractivity contribution in [1.82, 2.24) is 15.2 Å². The van der Waals surface area contributed by atoms with E-state index in [2.05, 4.69) is 15.3 Å². The lowest BCUT2D eigenvalue weighted by Gasteiger charge is -2.39. The first-order chi connectivity index (χ1) is 21.8. The SMILES string of the molecule is CC[C@]1(C)CC(=O)N(C(c2cncc(F)c2)[C@@H]2C[C@H]2C(=O)NC2c3ccccc3OC(C(F)(F)F)C2O)C(N)=N1.O=C(O)C(F)(F)F. The van der Waals surface area contributed by atoms with Crippen LogP contribution in [-0.4, -0.2) is 73.9 Å². The molecule has 0 radical (unpaired) electrons. The summed E-state index contributed by atoms with van der Waals surface area (Å²) in [6.45, 7) is 3.67. The van der Waals surface area contributed by atoms with Crippen molar-refractivity contribution >= 4 is 23.7 Å². The van der Waals surface area contributed by atoms with Crippen molar-refractivity contribution in [3.05, 3.63) is 59.7 Å². The van der Waals surface area contributed by atoms with Gasteiger partial charge in [-0.25, -0.2) is 14.2 Å². The highest BCUT2D eigenvalue weighted by atomic mass is 19.4. The number of hydrogen-bond acceptors (Lipinski definition) is 8. The molecule has 7 atom stereocenters. The molecule has 11 nitrogen and oxygen atoms in total. The van der Waals surface area contributed by atoms with E-state index < -0.39 is 71.7 Å². The number of rotatable bonds is 6. The molecule has 2 amide bonds. The molecule has 1 aromatic carbocycles. The Labute approximate surface area is 262 Å². The van der Waals surface area contributed by atoms with Crippen molar-refractivity contribution in [3.8, 4) is 5.75 Å². The zero-order chi connectivity index (χ0) is 35.1. The summed E-state index contributed by atoms with van der Waals surface area (Å²) in [5.74, 6) is -5.87. The highest BCUT2D eigenvalue weighted by Crippen LogP contribution is 2.52. The number of benzene rings is 1. The van der Waals surface area contributed by atoms with Gasteiger partial charge in [-0.2, -0.15) is 26.3 Å². The predicted octanol–water partition coefficient (Wildman–Crippen LogP) is 3.79. The summed E-state index contributed by atoms with van der Waals surface area (Å²) in [7, 11) is 0. The number of carboxylic acids is 1. The summed E-state index contributed by atoms with van der Waals surface area (Å²) in [6.07, 6.45) is -11.4. The number of halogens is 7. The van der Waals surface area contributed by atoms with Gasteiger partial charge in [0, 0.05) is 17.7 Å². The van der Waals surface area contributed by atoms with E-state index in [0.29, 0.717) is 12.0 Å². The number of pyridine rings is 1. The van der Waals surface area contributed by atoms with Gasteiger partial charge in [-0.05, 0) is 43.4 Å². The zero-order valence-corrected chi connectivity index (χ0v) is 24.7. The molecule has 3 heterocycles. The number of amides is 2. The number of hydrogen-bond donors (Lipinski definition) is 4. The molecule has 3 aliphatic rings. The number of alkyl halides is 6. The van der Waals surface area contributed by atoms with Crippen LogP contribution >= 0.6 is 0 Å². The summed E-state index contributed by atoms with van der Waals surface area (Å²) < 4.78 is 91.8. The van der Waals surface area contributed by atoms with Crippen LogP contribution in [0.2, 0.25) is 0 Å². The van der Waals surface area contributed by atoms with Gasteiger partial charge < -0.3 is 26.0 Å². The van der Waals surface area contributed by atoms with Crippen LogP contribution in [0, 0.1) is 17.7 Å². The summed E-state index contributed by atoms with van der Waals surface area (Å²) in [6, 6.07) is 4.77. The van der Waals surface area contributed by atoms with E-state index >= 15 is 0 Å². The van der Waals surface area contributed by atoms with E-state index in [1.54, 1.807) is 13.0 Å². The molecular weight excluding hydrogens is 647 g/mol. The maximum Gasteiger partial charge on any atom is 0.490 e. The summed E-state index contributed by atoms with van der Waals surface area (Å²) in [5, 5.41) is 20.3. The number of aliphatic hydroxyl groups excluding tert-OH is 1. The Hall–Kier alpha value is -4.48. The Morgan fingerprint density at radius 2 is 1.83 bits per heavy atom. The van der Waals surface area contributed by atoms with Gasteiger partial charge in [0.1, 0.15) is 17.7 Å². The smallest absolute Gasteiger partial charge is 0.478 e. The second-order valence-corrected chi connectivity index (χ2v) is 11.5. The third-order valence-corrected chi connectivity index (χ3v) is 8.14. The maximum absolute atomic E-state index is 14.2. The Kier molecular flexibility index (Phi) is 9.76. The number of fused-ring (bicyclic) bond motifs is 1. The number of carbonyl (C=O) groups is 3. The fourth-order valence-electron chi connectivity index (χ4n) is 5.55. The largest absolute Gasteiger partial charge is 0.490 e. The van der Waals surface area contributed by atoms with E-state index in [1.807, 2.05) is 6.92 Å². The quantitative estimate of drug-likeness (QED) is 0.335. The normalized spacial score (nSPS) is 27.7. The van der Waals surface area contributed by atoms with Crippen LogP contribution in [0.1, 0.15) is 56.3 Å². The summed E-state index contributed by atoms with van der Waals surface area (Å²) in [5.41, 5.74) is 6.05. The van der Waals surface area contributed by atoms with Gasteiger partial charge in [0.2, 0.25) is 17.9 Å². The number of ether oxygens (including phenoxy) is 1. The molecule has 2 aromatic rings. The number of para-hydroxylation sites is 1. The van der Waals surface area contributed by atoms with Gasteiger partial charge in [0.05, 0.1) is 30.2 Å². The molecule has 1 aromatic heterocycles. The second-order valence-electron chi connectivity index (χ2n) is 11.5. The van der Waals surface area contributed by atoms with E-state index in [0.717, 1.165) is 6.20 Å². The first-order valence-electron chi connectivity index (χ1n) is 14.2. The van der Waals surface area contributed by atoms with Crippen LogP contribution in [-0.2, 0) is 14.4 Å². The van der Waals surface area contributed by atoms with Crippen molar-refractivity contribution in [3.63, 3.8) is 0 Å². The molecule has 1 saturated carbocycles. The Morgan fingerprint density at radius 3 is 2.38 bits per heavy atom. The number of aromatic nitrogens is 1. The van der Waals surface area contributed by atoms with Gasteiger partial charge in [-0.15, -0.1) is 0 Å². The molecule has 18 heteroatoms. The molecule has 0 spiro atoms. The van der Waals surface area contributed by atoms with Crippen LogP contribution in [0.25, 0.3) is 0 Å². The number of nitrogens with two attached hydrogens (primary N) is 1. The standard InChI is InChI=1S/C27H29F4N5O4.C2HF3O2/c1-3-26(2)10-19(37)36(25(32)35-26)21(13-8-14(28)12-33-11-13)16-9-17(16)24(39)34-20-15-6-4-5-7-18(15)40-23(22(20)38)27(29,30)31;3-2(4,5)1(6)7/h4-8,11-12,16-17,20-23,38H,3,9-10H2,1-2H3,(H2,32,35)(H,34,39);(H,6,7)/t16-,17-,20?,21?,22?,23?,26-;/m1./s1. The van der Waals surface area contributed by atoms with Gasteiger partial charge in [-0.1, -0.05) is 25.1 Å². The van der Waals surface area contributed by atoms with E-state index in [-0.39, 0.29) is 36.0 Å². The fraction of sp³-hybridized carbons (Fsp3) is 0.483. The lowest BCUT2D eigenvalue weighted by Crippen LogP contribution is -2.54. The lowest BCUT2D eigenvalue weighted by molar-refractivity contribution is -0.229. The minimum Gasteiger partial charge on any atom is -0.478 e. The Bertz CT molecular complexity index is 1550. The molecule has 4 unspecified atom stereocenters. The van der Waals surface area contributed by atoms with Crippen molar-refractivity contribution in [2.75, 3.05) is 0 Å². The van der Waals surface area contributed by atoms with Gasteiger partial charge in [-0.3, -0.25) is 19.5 Å². The second kappa shape index (κ2) is 13.0. The topological polar surface area (TPSA) is 167 Å². The molecule has 1 fully saturated rings. The van der Waals surface area contributed by atoms with Crippen LogP contribution < -0.4 is 15.8 Å². The number of nitrogens with one attached hydrogen (secondary N) is 1. The van der Waals surface area contributed by atoms with Crippen LogP contribution in [0.5, 0.6) is 5.75 Å². The fourth-order valence-corrected chi connectivity index (χ4v) is 5.55. The van der Waals surface area contributed by atoms with Gasteiger partial charge in [0.15, 0.2) is 5.96 Å². The zero-order valence-electron chi connectivity index (χ0n) is 24.7. The predicted molar refractivity (Wildman–Crippen MR) is 148 cm³/mol. The molecule has 0 saturated heterocycles. The molecule has 256 valence electrons. The number of carbonyl (C=O) groups excluding carboxylic acids is 2. The first kappa shape index (κ1) is 35.4. The third-order valence-electron chi connectivity index (χ3n) is 8.14. The van der Waals surface area contributed by atoms with Crippen molar-refractivity contribution in [2.24, 2.45) is 22.6 Å². The molecule has 5 rings (SSSR count). The molecule has 5 N–H and O–H groups in total. The summed E-state index contributed by atoms with van der Waals surface area (Å²) >= 11 is 0. The third kappa shape index (κ3) is 7.74. The maximum atomic E-state index is 14.2. The molecule has 2 aliphatic heterocycles. The van der Waals surface area contributed by atoms with Gasteiger partial charge in [0.25, 0.3) is 0 Å². The number of aliphatic carboxylic acids is 1. The molecule has 47 heavy (non-hydrogen) atoms. The minimum absolute atomic E-state index is 0.0525. The average molecular weight is 678 g/mol. The number of nitrogens with zero attached hydrogens (tertiary/aromatic N) is 3. The van der Waals surface area contributed by atoms with Crippen LogP contribution in [0.15, 0.2) is 47.7 Å². The Morgan fingerprint density at radius 1 is 1.19 bits per heavy atom. The number of aliphatic imine (C=N–C) groups is 1. The average Bonchev–Trinajstić information content (AvgIpc) is 3.76. The van der Waals surface area contributed by atoms with Crippen LogP contribution in [0.3, 0.4) is 0 Å². The summed E-state index contributed by atoms with van der Waals surface area (Å²) in [4.78, 5) is 45.2. The van der Waals surface area contributed by atoms with Gasteiger partial charge >= 0.3 is 18.3 Å². The molecule has 1 aliphatic carbocycles. The van der Waals surface area contributed by atoms with E-state index in [9.17, 15) is 45.4 Å². The van der Waals surface area contributed by atoms with E-state index in [1.165, 1.54) is 35.4 Å². The van der Waals surface area contributed by atoms with Crippen molar-refractivity contribution in [1.29, 1.82) is 0 Å². The first-order valence-corrected chi connectivity index (χ1v) is 14.2. The van der Waals surface area contributed by atoms with Crippen LogP contribution in [0.4, 0.5) is 30.7 Å². The number of carboxylic acid groups (broad SMARTS) is 1. The molecule has 0 bridgehead atoms. The van der Waals surface area contributed by atoms with E-state index in [4.69, 9.17) is 20.4 Å². The Balaban J connectivity index is 0.000000644. The lowest BCUT2D eigenvalue weighted by atomic mass is 9.91. The number of aliphatic hydroxyl groups is 1. The van der Waals surface area contributed by atoms with Crippen molar-refractivity contribution < 1.29 is 60.1 Å².